The first-order valence-electron chi connectivity index (χ1n) is 9.63. The fourth-order valence-corrected chi connectivity index (χ4v) is 2.88. The molecule has 0 spiro atoms. The molecule has 0 atom stereocenters. The van der Waals surface area contributed by atoms with E-state index in [0.717, 1.165) is 6.20 Å². The van der Waals surface area contributed by atoms with E-state index in [4.69, 9.17) is 5.26 Å². The number of imidazole rings is 3. The Morgan fingerprint density at radius 3 is 1.85 bits per heavy atom. The van der Waals surface area contributed by atoms with E-state index in [1.165, 1.54) is 40.2 Å². The second-order valence-corrected chi connectivity index (χ2v) is 6.98. The first-order valence-corrected chi connectivity index (χ1v) is 9.63. The largest absolute Gasteiger partial charge is 0.382 e. The van der Waals surface area contributed by atoms with Crippen LogP contribution in [0.1, 0.15) is 38.3 Å². The Balaban J connectivity index is 1.70. The van der Waals surface area contributed by atoms with Gasteiger partial charge in [-0.15, -0.1) is 0 Å². The Bertz CT molecular complexity index is 1330. The summed E-state index contributed by atoms with van der Waals surface area (Å²) in [6.45, 7) is 0.164. The molecule has 0 saturated carbocycles. The molecule has 0 saturated heterocycles. The zero-order chi connectivity index (χ0) is 25.0. The van der Waals surface area contributed by atoms with Gasteiger partial charge in [-0.05, 0) is 9.91 Å². The van der Waals surface area contributed by atoms with Gasteiger partial charge in [0.05, 0.1) is 12.5 Å². The number of hydrogen-bond acceptors (Lipinski definition) is 9. The lowest BCUT2D eigenvalue weighted by Gasteiger charge is -2.01. The second kappa shape index (κ2) is 9.60. The predicted molar refractivity (Wildman–Crippen MR) is 115 cm³/mol. The van der Waals surface area contributed by atoms with Gasteiger partial charge in [0.25, 0.3) is 11.8 Å². The molecule has 3 aromatic rings. The van der Waals surface area contributed by atoms with E-state index in [9.17, 15) is 24.5 Å². The molecule has 0 aliphatic carbocycles. The highest BCUT2D eigenvalue weighted by atomic mass is 16.6. The molecule has 0 fully saturated rings. The van der Waals surface area contributed by atoms with Crippen molar-refractivity contribution in [1.29, 1.82) is 5.26 Å². The topological polar surface area (TPSA) is 208 Å². The van der Waals surface area contributed by atoms with Crippen LogP contribution in [-0.2, 0) is 21.1 Å². The van der Waals surface area contributed by atoms with Gasteiger partial charge in [-0.2, -0.15) is 5.26 Å². The van der Waals surface area contributed by atoms with Crippen molar-refractivity contribution in [2.75, 3.05) is 17.2 Å². The average Bonchev–Trinajstić information content (AvgIpc) is 3.44. The number of aromatic nitrogens is 6. The van der Waals surface area contributed by atoms with Crippen molar-refractivity contribution in [2.24, 2.45) is 21.1 Å². The zero-order valence-electron chi connectivity index (χ0n) is 18.3. The maximum Gasteiger partial charge on any atom is 0.382 e. The van der Waals surface area contributed by atoms with Gasteiger partial charge >= 0.3 is 17.5 Å². The number of nitrogens with zero attached hydrogens (tertiary/aromatic N) is 8. The van der Waals surface area contributed by atoms with Gasteiger partial charge in [0.2, 0.25) is 11.6 Å². The number of nitriles is 1. The van der Waals surface area contributed by atoms with Crippen molar-refractivity contribution in [1.82, 2.24) is 34.0 Å². The monoisotopic (exact) mass is 469 g/mol. The van der Waals surface area contributed by atoms with Crippen LogP contribution in [0.4, 0.5) is 17.5 Å². The van der Waals surface area contributed by atoms with E-state index in [1.54, 1.807) is 7.05 Å². The number of hydrogen-bond donors (Lipinski definition) is 3. The van der Waals surface area contributed by atoms with Crippen molar-refractivity contribution in [3.05, 3.63) is 46.2 Å². The number of amides is 3. The lowest BCUT2D eigenvalue weighted by Crippen LogP contribution is -2.27. The first kappa shape index (κ1) is 23.6. The quantitative estimate of drug-likeness (QED) is 0.229. The lowest BCUT2D eigenvalue weighted by atomic mass is 10.4. The molecule has 0 bridgehead atoms. The Labute approximate surface area is 191 Å². The Morgan fingerprint density at radius 2 is 1.38 bits per heavy atom. The van der Waals surface area contributed by atoms with Crippen LogP contribution in [0, 0.1) is 21.4 Å². The van der Waals surface area contributed by atoms with Crippen LogP contribution in [-0.4, -0.2) is 57.8 Å². The molecule has 3 N–H and O–H groups in total. The summed E-state index contributed by atoms with van der Waals surface area (Å²) < 4.78 is 3.96. The van der Waals surface area contributed by atoms with E-state index in [2.05, 4.69) is 30.9 Å². The van der Waals surface area contributed by atoms with E-state index in [0.29, 0.717) is 0 Å². The second-order valence-electron chi connectivity index (χ2n) is 6.98. The van der Waals surface area contributed by atoms with Gasteiger partial charge in [-0.3, -0.25) is 14.4 Å². The summed E-state index contributed by atoms with van der Waals surface area (Å²) in [6, 6.07) is 1.91. The molecule has 3 rings (SSSR count). The number of nitro groups is 1. The van der Waals surface area contributed by atoms with Gasteiger partial charge < -0.3 is 39.8 Å². The predicted octanol–water partition coefficient (Wildman–Crippen LogP) is -0.0566. The van der Waals surface area contributed by atoms with Gasteiger partial charge in [0, 0.05) is 40.1 Å². The number of nitrogens with one attached hydrogen (secondary N) is 3. The molecule has 16 heteroatoms. The third-order valence-electron chi connectivity index (χ3n) is 4.42. The number of rotatable bonds is 8. The van der Waals surface area contributed by atoms with Crippen LogP contribution in [0.3, 0.4) is 0 Å². The summed E-state index contributed by atoms with van der Waals surface area (Å²) in [5.74, 6) is -2.55. The van der Waals surface area contributed by atoms with Gasteiger partial charge in [0.15, 0.2) is 11.6 Å². The highest BCUT2D eigenvalue weighted by Gasteiger charge is 2.25. The highest BCUT2D eigenvalue weighted by Crippen LogP contribution is 2.14. The fraction of sp³-hybridized carbons (Fsp3) is 0.278. The first-order chi connectivity index (χ1) is 16.1. The van der Waals surface area contributed by atoms with Crippen molar-refractivity contribution >= 4 is 35.2 Å². The van der Waals surface area contributed by atoms with E-state index in [1.807, 2.05) is 6.07 Å². The molecule has 3 aromatic heterocycles. The minimum absolute atomic E-state index is 0.0156. The molecule has 0 radical (unpaired) electrons. The molecule has 0 aliphatic heterocycles. The van der Waals surface area contributed by atoms with Crippen LogP contribution in [0.5, 0.6) is 0 Å². The summed E-state index contributed by atoms with van der Waals surface area (Å²) in [5, 5.41) is 26.9. The maximum absolute atomic E-state index is 12.7. The number of anilines is 2. The molecule has 0 unspecified atom stereocenters. The van der Waals surface area contributed by atoms with Crippen molar-refractivity contribution in [2.45, 2.75) is 6.42 Å². The van der Waals surface area contributed by atoms with Crippen LogP contribution < -0.4 is 16.0 Å². The smallest absolute Gasteiger partial charge is 0.358 e. The Hall–Kier alpha value is -5.07. The summed E-state index contributed by atoms with van der Waals surface area (Å²) >= 11 is 0. The van der Waals surface area contributed by atoms with Crippen molar-refractivity contribution < 1.29 is 19.3 Å². The molecule has 3 amide bonds. The summed E-state index contributed by atoms with van der Waals surface area (Å²) in [5.41, 5.74) is 0. The normalized spacial score (nSPS) is 10.4. The average molecular weight is 469 g/mol. The third-order valence-corrected chi connectivity index (χ3v) is 4.42. The van der Waals surface area contributed by atoms with E-state index < -0.39 is 28.5 Å². The molecule has 34 heavy (non-hydrogen) atoms. The third kappa shape index (κ3) is 5.04. The maximum atomic E-state index is 12.7. The summed E-state index contributed by atoms with van der Waals surface area (Å²) in [4.78, 5) is 59.1. The van der Waals surface area contributed by atoms with Crippen LogP contribution >= 0.6 is 0 Å². The van der Waals surface area contributed by atoms with Crippen molar-refractivity contribution in [3.8, 4) is 6.07 Å². The van der Waals surface area contributed by atoms with Gasteiger partial charge in [0.1, 0.15) is 6.20 Å². The van der Waals surface area contributed by atoms with Crippen LogP contribution in [0.15, 0.2) is 18.6 Å². The Morgan fingerprint density at radius 1 is 0.912 bits per heavy atom. The molecule has 0 aromatic carbocycles. The number of carbonyl (C=O) groups is 3. The van der Waals surface area contributed by atoms with Crippen molar-refractivity contribution in [3.63, 3.8) is 0 Å². The fourth-order valence-electron chi connectivity index (χ4n) is 2.88. The lowest BCUT2D eigenvalue weighted by molar-refractivity contribution is -0.389. The number of aryl methyl sites for hydroxylation is 3. The van der Waals surface area contributed by atoms with Gasteiger partial charge in [-0.1, -0.05) is 0 Å². The molecular formula is C18H19N11O5. The molecular weight excluding hydrogens is 450 g/mol. The Kier molecular flexibility index (Phi) is 6.66. The number of carbonyl (C=O) groups excluding carboxylic acids is 3. The molecule has 176 valence electrons. The molecule has 3 heterocycles. The van der Waals surface area contributed by atoms with Crippen LogP contribution in [0.2, 0.25) is 0 Å². The van der Waals surface area contributed by atoms with E-state index in [-0.39, 0.29) is 42.1 Å². The summed E-state index contributed by atoms with van der Waals surface area (Å²) in [7, 11) is 4.52. The SMILES string of the molecule is Cn1cc(NC(=O)c2nc(NC(=O)c3nc([N+](=O)[O-])cn3C)cn2C)nc1C(=O)NCCC#N. The van der Waals surface area contributed by atoms with Gasteiger partial charge in [-0.25, -0.2) is 9.97 Å². The molecule has 0 aliphatic rings. The summed E-state index contributed by atoms with van der Waals surface area (Å²) in [6.07, 6.45) is 4.04. The van der Waals surface area contributed by atoms with Crippen LogP contribution in [0.25, 0.3) is 0 Å². The minimum atomic E-state index is -0.752. The highest BCUT2D eigenvalue weighted by molar-refractivity contribution is 6.04. The zero-order valence-corrected chi connectivity index (χ0v) is 18.3. The van der Waals surface area contributed by atoms with E-state index >= 15 is 0 Å². The molecule has 16 nitrogen and oxygen atoms in total. The minimum Gasteiger partial charge on any atom is -0.358 e. The standard InChI is InChI=1S/C18H19N11O5/c1-26-7-10(21-13(26)16(30)20-6-4-5-19)23-17(31)14-22-11(8-27(14)2)24-18(32)15-25-12(29(33)34)9-28(15)3/h7-9H,4,6H2,1-3H3,(H,20,30)(H,23,31)(H,24,32).